The van der Waals surface area contributed by atoms with E-state index >= 15 is 0 Å². The van der Waals surface area contributed by atoms with Gasteiger partial charge in [-0.15, -0.1) is 0 Å². The van der Waals surface area contributed by atoms with Crippen LogP contribution < -0.4 is 0 Å². The van der Waals surface area contributed by atoms with Crippen molar-refractivity contribution >= 4 is 11.9 Å². The normalized spacial score (nSPS) is 25.3. The second kappa shape index (κ2) is 8.40. The molecule has 0 saturated heterocycles. The van der Waals surface area contributed by atoms with Crippen LogP contribution in [0.2, 0.25) is 0 Å². The molecule has 1 N–H and O–H groups in total. The SMILES string of the molecule is CCCCCN(C(=O)[C@H]1CC(CC)C[C@H]1C(=O)O)C(C)C. The number of amides is 1. The lowest BCUT2D eigenvalue weighted by Gasteiger charge is -2.30. The van der Waals surface area contributed by atoms with E-state index < -0.39 is 11.9 Å². The Morgan fingerprint density at radius 1 is 1.14 bits per heavy atom. The maximum atomic E-state index is 12.8. The number of rotatable bonds is 8. The van der Waals surface area contributed by atoms with E-state index in [4.69, 9.17) is 0 Å². The Labute approximate surface area is 128 Å². The van der Waals surface area contributed by atoms with Crippen molar-refractivity contribution in [1.29, 1.82) is 0 Å². The van der Waals surface area contributed by atoms with Crippen molar-refractivity contribution in [2.45, 2.75) is 72.3 Å². The van der Waals surface area contributed by atoms with Crippen molar-refractivity contribution in [1.82, 2.24) is 4.90 Å². The third kappa shape index (κ3) is 4.72. The van der Waals surface area contributed by atoms with Gasteiger partial charge in [0.15, 0.2) is 0 Å². The number of carbonyl (C=O) groups is 2. The first kappa shape index (κ1) is 18.0. The van der Waals surface area contributed by atoms with E-state index in [1.807, 2.05) is 18.7 Å². The molecule has 21 heavy (non-hydrogen) atoms. The molecule has 1 saturated carbocycles. The molecule has 4 nitrogen and oxygen atoms in total. The molecule has 0 radical (unpaired) electrons. The lowest BCUT2D eigenvalue weighted by atomic mass is 9.94. The first-order chi connectivity index (χ1) is 9.92. The minimum absolute atomic E-state index is 0.0597. The standard InChI is InChI=1S/C17H31NO3/c1-5-7-8-9-18(12(3)4)16(19)14-10-13(6-2)11-15(14)17(20)21/h12-15H,5-11H2,1-4H3,(H,20,21)/t13?,14-,15+/m0/s1. The van der Waals surface area contributed by atoms with Crippen LogP contribution >= 0.6 is 0 Å². The van der Waals surface area contributed by atoms with Crippen LogP contribution in [0.25, 0.3) is 0 Å². The van der Waals surface area contributed by atoms with Crippen molar-refractivity contribution in [3.05, 3.63) is 0 Å². The molecule has 0 aromatic heterocycles. The maximum Gasteiger partial charge on any atom is 0.307 e. The molecule has 1 aliphatic carbocycles. The number of hydrogen-bond acceptors (Lipinski definition) is 2. The first-order valence-corrected chi connectivity index (χ1v) is 8.45. The predicted molar refractivity (Wildman–Crippen MR) is 84.0 cm³/mol. The average molecular weight is 297 g/mol. The summed E-state index contributed by atoms with van der Waals surface area (Å²) in [6.45, 7) is 9.02. The van der Waals surface area contributed by atoms with E-state index in [2.05, 4.69) is 13.8 Å². The van der Waals surface area contributed by atoms with E-state index in [-0.39, 0.29) is 17.9 Å². The maximum absolute atomic E-state index is 12.8. The highest BCUT2D eigenvalue weighted by Gasteiger charge is 2.43. The van der Waals surface area contributed by atoms with Crippen LogP contribution in [0.5, 0.6) is 0 Å². The molecule has 4 heteroatoms. The fraction of sp³-hybridized carbons (Fsp3) is 0.882. The van der Waals surface area contributed by atoms with Crippen molar-refractivity contribution in [3.8, 4) is 0 Å². The Morgan fingerprint density at radius 2 is 1.76 bits per heavy atom. The number of aliphatic carboxylic acids is 1. The van der Waals surface area contributed by atoms with Gasteiger partial charge in [-0.05, 0) is 39.0 Å². The molecule has 0 aromatic rings. The zero-order valence-corrected chi connectivity index (χ0v) is 14.0. The van der Waals surface area contributed by atoms with Gasteiger partial charge in [0.1, 0.15) is 0 Å². The molecule has 1 unspecified atom stereocenters. The summed E-state index contributed by atoms with van der Waals surface area (Å²) in [4.78, 5) is 26.2. The summed E-state index contributed by atoms with van der Waals surface area (Å²) in [5, 5.41) is 9.41. The molecule has 1 fully saturated rings. The van der Waals surface area contributed by atoms with Crippen LogP contribution in [0, 0.1) is 17.8 Å². The zero-order valence-electron chi connectivity index (χ0n) is 14.0. The van der Waals surface area contributed by atoms with Crippen molar-refractivity contribution < 1.29 is 14.7 Å². The third-order valence-corrected chi connectivity index (χ3v) is 4.78. The Balaban J connectivity index is 2.78. The summed E-state index contributed by atoms with van der Waals surface area (Å²) in [5.41, 5.74) is 0. The van der Waals surface area contributed by atoms with Gasteiger partial charge in [-0.2, -0.15) is 0 Å². The second-order valence-corrected chi connectivity index (χ2v) is 6.63. The lowest BCUT2D eigenvalue weighted by molar-refractivity contribution is -0.149. The summed E-state index contributed by atoms with van der Waals surface area (Å²) >= 11 is 0. The van der Waals surface area contributed by atoms with Crippen LogP contribution in [0.3, 0.4) is 0 Å². The van der Waals surface area contributed by atoms with E-state index in [0.717, 1.165) is 38.6 Å². The van der Waals surface area contributed by atoms with E-state index in [1.165, 1.54) is 0 Å². The molecule has 0 heterocycles. The van der Waals surface area contributed by atoms with Gasteiger partial charge in [-0.1, -0.05) is 33.1 Å². The molecule has 122 valence electrons. The largest absolute Gasteiger partial charge is 0.481 e. The topological polar surface area (TPSA) is 57.6 Å². The van der Waals surface area contributed by atoms with Gasteiger partial charge >= 0.3 is 5.97 Å². The van der Waals surface area contributed by atoms with Gasteiger partial charge in [0.05, 0.1) is 11.8 Å². The van der Waals surface area contributed by atoms with Crippen LogP contribution in [0.15, 0.2) is 0 Å². The number of nitrogens with zero attached hydrogens (tertiary/aromatic N) is 1. The fourth-order valence-electron chi connectivity index (χ4n) is 3.39. The minimum atomic E-state index is -0.804. The van der Waals surface area contributed by atoms with E-state index in [9.17, 15) is 14.7 Å². The summed E-state index contributed by atoms with van der Waals surface area (Å²) in [5.74, 6) is -1.18. The summed E-state index contributed by atoms with van der Waals surface area (Å²) in [6.07, 6.45) is 5.60. The van der Waals surface area contributed by atoms with E-state index in [1.54, 1.807) is 0 Å². The molecule has 0 bridgehead atoms. The number of unbranched alkanes of at least 4 members (excludes halogenated alkanes) is 2. The van der Waals surface area contributed by atoms with Gasteiger partial charge in [-0.3, -0.25) is 9.59 Å². The predicted octanol–water partition coefficient (Wildman–Crippen LogP) is 3.55. The second-order valence-electron chi connectivity index (χ2n) is 6.63. The summed E-state index contributed by atoms with van der Waals surface area (Å²) in [6, 6.07) is 0.143. The quantitative estimate of drug-likeness (QED) is 0.697. The molecule has 1 aliphatic rings. The van der Waals surface area contributed by atoms with Gasteiger partial charge in [0.25, 0.3) is 0 Å². The third-order valence-electron chi connectivity index (χ3n) is 4.78. The Kier molecular flexibility index (Phi) is 7.20. The molecule has 0 aromatic carbocycles. The molecule has 3 atom stereocenters. The van der Waals surface area contributed by atoms with E-state index in [0.29, 0.717) is 12.3 Å². The minimum Gasteiger partial charge on any atom is -0.481 e. The van der Waals surface area contributed by atoms with Gasteiger partial charge in [0, 0.05) is 12.6 Å². The van der Waals surface area contributed by atoms with Gasteiger partial charge < -0.3 is 10.0 Å². The van der Waals surface area contributed by atoms with Crippen LogP contribution in [-0.4, -0.2) is 34.5 Å². The summed E-state index contributed by atoms with van der Waals surface area (Å²) < 4.78 is 0. The monoisotopic (exact) mass is 297 g/mol. The molecule has 1 amide bonds. The first-order valence-electron chi connectivity index (χ1n) is 8.45. The smallest absolute Gasteiger partial charge is 0.307 e. The molecular formula is C17H31NO3. The van der Waals surface area contributed by atoms with Gasteiger partial charge in [0.2, 0.25) is 5.91 Å². The van der Waals surface area contributed by atoms with Crippen molar-refractivity contribution in [3.63, 3.8) is 0 Å². The molecule has 0 aliphatic heterocycles. The average Bonchev–Trinajstić information content (AvgIpc) is 2.87. The number of carboxylic acid groups (broad SMARTS) is 1. The number of carbonyl (C=O) groups excluding carboxylic acids is 1. The summed E-state index contributed by atoms with van der Waals surface area (Å²) in [7, 11) is 0. The van der Waals surface area contributed by atoms with Crippen molar-refractivity contribution in [2.24, 2.45) is 17.8 Å². The Morgan fingerprint density at radius 3 is 2.24 bits per heavy atom. The fourth-order valence-corrected chi connectivity index (χ4v) is 3.39. The highest BCUT2D eigenvalue weighted by atomic mass is 16.4. The zero-order chi connectivity index (χ0) is 16.0. The van der Waals surface area contributed by atoms with Crippen LogP contribution in [-0.2, 0) is 9.59 Å². The highest BCUT2D eigenvalue weighted by molar-refractivity contribution is 5.85. The van der Waals surface area contributed by atoms with Gasteiger partial charge in [-0.25, -0.2) is 0 Å². The molecular weight excluding hydrogens is 266 g/mol. The lowest BCUT2D eigenvalue weighted by Crippen LogP contribution is -2.43. The number of carboxylic acids is 1. The van der Waals surface area contributed by atoms with Crippen LogP contribution in [0.1, 0.15) is 66.2 Å². The Bertz CT molecular complexity index is 354. The Hall–Kier alpha value is -1.06. The number of hydrogen-bond donors (Lipinski definition) is 1. The van der Waals surface area contributed by atoms with Crippen LogP contribution in [0.4, 0.5) is 0 Å². The molecule has 0 spiro atoms. The van der Waals surface area contributed by atoms with Crippen molar-refractivity contribution in [2.75, 3.05) is 6.54 Å². The highest BCUT2D eigenvalue weighted by Crippen LogP contribution is 2.39. The molecule has 1 rings (SSSR count).